The Kier molecular flexibility index (Phi) is 2.03. The molecule has 0 saturated carbocycles. The van der Waals surface area contributed by atoms with Crippen molar-refractivity contribution in [2.45, 2.75) is 11.3 Å². The van der Waals surface area contributed by atoms with E-state index in [0.717, 1.165) is 21.6 Å². The Morgan fingerprint density at radius 2 is 1.80 bits per heavy atom. The fraction of sp³-hybridized carbons (Fsp3) is 0.154. The van der Waals surface area contributed by atoms with Crippen molar-refractivity contribution in [3.8, 4) is 0 Å². The first-order valence-electron chi connectivity index (χ1n) is 5.03. The fourth-order valence-electron chi connectivity index (χ4n) is 1.95. The second-order valence-corrected chi connectivity index (χ2v) is 4.85. The van der Waals surface area contributed by atoms with Crippen LogP contribution in [0.4, 0.5) is 0 Å². The maximum atomic E-state index is 11.7. The van der Waals surface area contributed by atoms with Gasteiger partial charge < -0.3 is 0 Å². The number of carbonyl (C=O) groups excluding carboxylic acids is 1. The minimum atomic E-state index is 0.287. The molecule has 15 heavy (non-hydrogen) atoms. The Balaban J connectivity index is 2.32. The van der Waals surface area contributed by atoms with E-state index in [0.29, 0.717) is 6.42 Å². The van der Waals surface area contributed by atoms with Gasteiger partial charge in [0.25, 0.3) is 0 Å². The minimum absolute atomic E-state index is 0.287. The summed E-state index contributed by atoms with van der Waals surface area (Å²) in [5, 5.41) is 2.38. The third-order valence-corrected chi connectivity index (χ3v) is 3.79. The zero-order valence-electron chi connectivity index (χ0n) is 8.19. The van der Waals surface area contributed by atoms with Crippen molar-refractivity contribution in [1.29, 1.82) is 0 Å². The third kappa shape index (κ3) is 1.45. The molecule has 0 bridgehead atoms. The topological polar surface area (TPSA) is 17.1 Å². The number of hydrogen-bond donors (Lipinski definition) is 0. The standard InChI is InChI=1S/C13H10OS/c14-12-5-6-15-13-8-10-4-2-1-3-9(10)7-11(12)13/h1-4,7-8H,5-6H2. The van der Waals surface area contributed by atoms with Gasteiger partial charge in [0.05, 0.1) is 0 Å². The highest BCUT2D eigenvalue weighted by atomic mass is 32.2. The van der Waals surface area contributed by atoms with E-state index in [9.17, 15) is 4.79 Å². The quantitative estimate of drug-likeness (QED) is 0.667. The molecule has 0 atom stereocenters. The van der Waals surface area contributed by atoms with Crippen LogP contribution in [0.15, 0.2) is 41.3 Å². The van der Waals surface area contributed by atoms with Crippen LogP contribution in [-0.4, -0.2) is 11.5 Å². The van der Waals surface area contributed by atoms with E-state index in [2.05, 4.69) is 18.2 Å². The maximum Gasteiger partial charge on any atom is 0.164 e. The van der Waals surface area contributed by atoms with E-state index in [-0.39, 0.29) is 5.78 Å². The number of hydrogen-bond acceptors (Lipinski definition) is 2. The first-order valence-corrected chi connectivity index (χ1v) is 6.02. The van der Waals surface area contributed by atoms with Crippen LogP contribution in [0.2, 0.25) is 0 Å². The highest BCUT2D eigenvalue weighted by Gasteiger charge is 2.17. The molecule has 2 aromatic carbocycles. The molecule has 0 aliphatic carbocycles. The molecule has 0 amide bonds. The van der Waals surface area contributed by atoms with Gasteiger partial charge in [-0.3, -0.25) is 4.79 Å². The van der Waals surface area contributed by atoms with Crippen molar-refractivity contribution in [3.63, 3.8) is 0 Å². The molecule has 0 aromatic heterocycles. The number of rotatable bonds is 0. The Morgan fingerprint density at radius 1 is 1.07 bits per heavy atom. The van der Waals surface area contributed by atoms with Gasteiger partial charge in [0, 0.05) is 22.6 Å². The van der Waals surface area contributed by atoms with Gasteiger partial charge in [-0.05, 0) is 22.9 Å². The molecular weight excluding hydrogens is 204 g/mol. The summed E-state index contributed by atoms with van der Waals surface area (Å²) in [6, 6.07) is 12.3. The van der Waals surface area contributed by atoms with Crippen LogP contribution in [0.1, 0.15) is 16.8 Å². The smallest absolute Gasteiger partial charge is 0.164 e. The van der Waals surface area contributed by atoms with Crippen molar-refractivity contribution in [2.24, 2.45) is 0 Å². The number of Topliss-reactive ketones (excluding diaryl/α,β-unsaturated/α-hetero) is 1. The highest BCUT2D eigenvalue weighted by molar-refractivity contribution is 7.99. The van der Waals surface area contributed by atoms with Crippen LogP contribution >= 0.6 is 11.8 Å². The van der Waals surface area contributed by atoms with Gasteiger partial charge in [0.15, 0.2) is 5.78 Å². The Bertz CT molecular complexity index is 545. The second kappa shape index (κ2) is 3.38. The largest absolute Gasteiger partial charge is 0.294 e. The number of carbonyl (C=O) groups is 1. The van der Waals surface area contributed by atoms with Crippen LogP contribution in [0.25, 0.3) is 10.8 Å². The predicted molar refractivity (Wildman–Crippen MR) is 63.6 cm³/mol. The average molecular weight is 214 g/mol. The molecule has 2 aromatic rings. The molecule has 1 aliphatic rings. The van der Waals surface area contributed by atoms with Gasteiger partial charge in [-0.25, -0.2) is 0 Å². The van der Waals surface area contributed by atoms with Crippen molar-refractivity contribution in [2.75, 3.05) is 5.75 Å². The summed E-state index contributed by atoms with van der Waals surface area (Å²) >= 11 is 1.79. The van der Waals surface area contributed by atoms with E-state index in [4.69, 9.17) is 0 Å². The predicted octanol–water partition coefficient (Wildman–Crippen LogP) is 3.52. The van der Waals surface area contributed by atoms with E-state index in [1.165, 1.54) is 5.39 Å². The summed E-state index contributed by atoms with van der Waals surface area (Å²) in [6.07, 6.45) is 0.677. The van der Waals surface area contributed by atoms with Crippen LogP contribution in [-0.2, 0) is 0 Å². The minimum Gasteiger partial charge on any atom is -0.294 e. The van der Waals surface area contributed by atoms with E-state index < -0.39 is 0 Å². The van der Waals surface area contributed by atoms with Crippen molar-refractivity contribution < 1.29 is 4.79 Å². The Morgan fingerprint density at radius 3 is 2.60 bits per heavy atom. The normalized spacial score (nSPS) is 15.3. The summed E-state index contributed by atoms with van der Waals surface area (Å²) in [4.78, 5) is 12.9. The Labute approximate surface area is 92.5 Å². The molecule has 1 heterocycles. The number of thioether (sulfide) groups is 1. The van der Waals surface area contributed by atoms with Gasteiger partial charge >= 0.3 is 0 Å². The monoisotopic (exact) mass is 214 g/mol. The second-order valence-electron chi connectivity index (χ2n) is 3.72. The van der Waals surface area contributed by atoms with E-state index >= 15 is 0 Å². The van der Waals surface area contributed by atoms with Gasteiger partial charge in [0.1, 0.15) is 0 Å². The van der Waals surface area contributed by atoms with Gasteiger partial charge in [-0.15, -0.1) is 11.8 Å². The first-order chi connectivity index (χ1) is 7.34. The van der Waals surface area contributed by atoms with E-state index in [1.807, 2.05) is 18.2 Å². The highest BCUT2D eigenvalue weighted by Crippen LogP contribution is 2.33. The molecule has 0 fully saturated rings. The summed E-state index contributed by atoms with van der Waals surface area (Å²) in [6.45, 7) is 0. The fourth-order valence-corrected chi connectivity index (χ4v) is 2.99. The molecule has 0 radical (unpaired) electrons. The molecule has 74 valence electrons. The lowest BCUT2D eigenvalue weighted by molar-refractivity contribution is 0.0985. The lowest BCUT2D eigenvalue weighted by Crippen LogP contribution is -2.07. The van der Waals surface area contributed by atoms with Gasteiger partial charge in [-0.1, -0.05) is 24.3 Å². The third-order valence-electron chi connectivity index (χ3n) is 2.74. The van der Waals surface area contributed by atoms with Crippen LogP contribution < -0.4 is 0 Å². The molecule has 0 spiro atoms. The van der Waals surface area contributed by atoms with E-state index in [1.54, 1.807) is 11.8 Å². The molecule has 1 nitrogen and oxygen atoms in total. The zero-order valence-corrected chi connectivity index (χ0v) is 9.01. The lowest BCUT2D eigenvalue weighted by Gasteiger charge is -2.14. The molecule has 0 unspecified atom stereocenters. The molecule has 1 aliphatic heterocycles. The molecule has 0 saturated heterocycles. The zero-order chi connectivity index (χ0) is 10.3. The number of benzene rings is 2. The van der Waals surface area contributed by atoms with Crippen molar-refractivity contribution in [1.82, 2.24) is 0 Å². The summed E-state index contributed by atoms with van der Waals surface area (Å²) in [5.41, 5.74) is 0.907. The summed E-state index contributed by atoms with van der Waals surface area (Å²) < 4.78 is 0. The van der Waals surface area contributed by atoms with Gasteiger partial charge in [-0.2, -0.15) is 0 Å². The Hall–Kier alpha value is -1.28. The van der Waals surface area contributed by atoms with Crippen LogP contribution in [0.3, 0.4) is 0 Å². The number of fused-ring (bicyclic) bond motifs is 2. The van der Waals surface area contributed by atoms with Crippen molar-refractivity contribution in [3.05, 3.63) is 42.0 Å². The maximum absolute atomic E-state index is 11.7. The van der Waals surface area contributed by atoms with Crippen LogP contribution in [0, 0.1) is 0 Å². The molecule has 0 N–H and O–H groups in total. The first kappa shape index (κ1) is 8.98. The average Bonchev–Trinajstić information content (AvgIpc) is 2.27. The summed E-state index contributed by atoms with van der Waals surface area (Å²) in [5.74, 6) is 1.21. The number of ketones is 1. The van der Waals surface area contributed by atoms with Crippen molar-refractivity contribution >= 4 is 28.3 Å². The summed E-state index contributed by atoms with van der Waals surface area (Å²) in [7, 11) is 0. The lowest BCUT2D eigenvalue weighted by atomic mass is 10.0. The van der Waals surface area contributed by atoms with Gasteiger partial charge in [0.2, 0.25) is 0 Å². The molecule has 2 heteroatoms. The molecule has 3 rings (SSSR count). The SMILES string of the molecule is O=C1CCSc2cc3ccccc3cc21. The molecular formula is C13H10OS. The van der Waals surface area contributed by atoms with Crippen LogP contribution in [0.5, 0.6) is 0 Å².